The topological polar surface area (TPSA) is 70.7 Å². The number of carbonyl (C=O) groups excluding carboxylic acids is 2. The van der Waals surface area contributed by atoms with Crippen LogP contribution in [0.25, 0.3) is 0 Å². The molecule has 1 unspecified atom stereocenters. The number of nitrogens with zero attached hydrogens (tertiary/aromatic N) is 1. The van der Waals surface area contributed by atoms with E-state index < -0.39 is 0 Å². The van der Waals surface area contributed by atoms with Crippen molar-refractivity contribution in [3.8, 4) is 0 Å². The van der Waals surface area contributed by atoms with Crippen LogP contribution in [0.4, 0.5) is 11.4 Å². The zero-order chi connectivity index (χ0) is 23.9. The second kappa shape index (κ2) is 11.5. The minimum Gasteiger partial charge on any atom is -0.376 e. The molecule has 6 nitrogen and oxygen atoms in total. The van der Waals surface area contributed by atoms with Gasteiger partial charge in [0.25, 0.3) is 5.91 Å². The molecule has 2 amide bonds. The summed E-state index contributed by atoms with van der Waals surface area (Å²) in [5, 5.41) is 6.00. The van der Waals surface area contributed by atoms with E-state index in [0.29, 0.717) is 23.7 Å². The summed E-state index contributed by atoms with van der Waals surface area (Å²) >= 11 is 0. The summed E-state index contributed by atoms with van der Waals surface area (Å²) in [6.45, 7) is 6.83. The molecule has 0 radical (unpaired) electrons. The van der Waals surface area contributed by atoms with Crippen LogP contribution in [0.15, 0.2) is 48.5 Å². The molecular formula is C28H37N3O3. The van der Waals surface area contributed by atoms with Gasteiger partial charge < -0.3 is 20.3 Å². The number of carbonyl (C=O) groups is 2. The van der Waals surface area contributed by atoms with Crippen molar-refractivity contribution >= 4 is 23.2 Å². The van der Waals surface area contributed by atoms with Crippen LogP contribution in [0, 0.1) is 11.8 Å². The van der Waals surface area contributed by atoms with Gasteiger partial charge in [-0.25, -0.2) is 0 Å². The van der Waals surface area contributed by atoms with Crippen LogP contribution in [0.2, 0.25) is 0 Å². The first kappa shape index (κ1) is 24.3. The van der Waals surface area contributed by atoms with E-state index in [1.807, 2.05) is 32.0 Å². The van der Waals surface area contributed by atoms with Crippen molar-refractivity contribution in [2.45, 2.75) is 52.1 Å². The van der Waals surface area contributed by atoms with Gasteiger partial charge in [0.2, 0.25) is 5.91 Å². The minimum absolute atomic E-state index is 0.0554. The van der Waals surface area contributed by atoms with Crippen molar-refractivity contribution in [1.82, 2.24) is 5.32 Å². The molecule has 6 heteroatoms. The summed E-state index contributed by atoms with van der Waals surface area (Å²) in [6.07, 6.45) is 5.40. The predicted molar refractivity (Wildman–Crippen MR) is 136 cm³/mol. The van der Waals surface area contributed by atoms with E-state index in [-0.39, 0.29) is 23.8 Å². The van der Waals surface area contributed by atoms with E-state index in [0.717, 1.165) is 57.5 Å². The van der Waals surface area contributed by atoms with Crippen LogP contribution in [-0.4, -0.2) is 44.2 Å². The molecule has 0 saturated carbocycles. The van der Waals surface area contributed by atoms with Crippen molar-refractivity contribution < 1.29 is 14.3 Å². The van der Waals surface area contributed by atoms with E-state index in [1.165, 1.54) is 5.56 Å². The zero-order valence-corrected chi connectivity index (χ0v) is 20.4. The monoisotopic (exact) mass is 463 g/mol. The van der Waals surface area contributed by atoms with Crippen LogP contribution in [0.1, 0.15) is 55.5 Å². The first-order valence-electron chi connectivity index (χ1n) is 12.6. The molecule has 2 fully saturated rings. The Bertz CT molecular complexity index is 962. The number of hydrogen-bond donors (Lipinski definition) is 2. The van der Waals surface area contributed by atoms with Crippen LogP contribution in [0.3, 0.4) is 0 Å². The first-order chi connectivity index (χ1) is 16.5. The van der Waals surface area contributed by atoms with Gasteiger partial charge in [0.1, 0.15) is 0 Å². The number of rotatable bonds is 8. The van der Waals surface area contributed by atoms with Gasteiger partial charge in [0.05, 0.1) is 11.7 Å². The van der Waals surface area contributed by atoms with Crippen LogP contribution >= 0.6 is 0 Å². The summed E-state index contributed by atoms with van der Waals surface area (Å²) in [5.74, 6) is 0.359. The summed E-state index contributed by atoms with van der Waals surface area (Å²) in [5.41, 5.74) is 3.59. The number of hydrogen-bond acceptors (Lipinski definition) is 4. The number of ether oxygens (including phenoxy) is 1. The molecule has 2 aliphatic heterocycles. The Labute approximate surface area is 203 Å². The molecule has 2 N–H and O–H groups in total. The maximum Gasteiger partial charge on any atom is 0.253 e. The molecule has 0 aromatic heterocycles. The molecule has 0 bridgehead atoms. The van der Waals surface area contributed by atoms with Crippen molar-refractivity contribution in [2.24, 2.45) is 11.8 Å². The third kappa shape index (κ3) is 6.38. The van der Waals surface area contributed by atoms with Crippen LogP contribution < -0.4 is 15.5 Å². The molecule has 34 heavy (non-hydrogen) atoms. The molecule has 0 aliphatic carbocycles. The van der Waals surface area contributed by atoms with Crippen molar-refractivity contribution in [1.29, 1.82) is 0 Å². The molecule has 2 aliphatic rings. The Morgan fingerprint density at radius 3 is 2.50 bits per heavy atom. The lowest BCUT2D eigenvalue weighted by Gasteiger charge is -2.35. The van der Waals surface area contributed by atoms with Crippen LogP contribution in [-0.2, 0) is 16.0 Å². The highest BCUT2D eigenvalue weighted by Gasteiger charge is 2.25. The van der Waals surface area contributed by atoms with Crippen molar-refractivity contribution in [2.75, 3.05) is 36.5 Å². The fourth-order valence-corrected chi connectivity index (χ4v) is 4.79. The van der Waals surface area contributed by atoms with Gasteiger partial charge in [-0.2, -0.15) is 0 Å². The number of benzene rings is 2. The van der Waals surface area contributed by atoms with Gasteiger partial charge in [-0.1, -0.05) is 44.2 Å². The summed E-state index contributed by atoms with van der Waals surface area (Å²) < 4.78 is 5.67. The largest absolute Gasteiger partial charge is 0.376 e. The summed E-state index contributed by atoms with van der Waals surface area (Å²) in [6, 6.07) is 16.4. The van der Waals surface area contributed by atoms with Gasteiger partial charge >= 0.3 is 0 Å². The Hall–Kier alpha value is -2.86. The average molecular weight is 464 g/mol. The van der Waals surface area contributed by atoms with Crippen molar-refractivity contribution in [3.63, 3.8) is 0 Å². The maximum absolute atomic E-state index is 13.2. The standard InChI is InChI=1S/C28H37N3O3/c1-20(2)27(32)30-23-10-11-26(25(18-23)28(33)29-19-24-9-6-16-34-24)31-14-12-22(13-15-31)17-21-7-4-3-5-8-21/h3-5,7-8,10-11,18,20,22,24H,6,9,12-17,19H2,1-2H3,(H,29,33)(H,30,32). The predicted octanol–water partition coefficient (Wildman–Crippen LogP) is 4.65. The fraction of sp³-hybridized carbons (Fsp3) is 0.500. The lowest BCUT2D eigenvalue weighted by molar-refractivity contribution is -0.118. The molecule has 2 heterocycles. The molecule has 2 saturated heterocycles. The lowest BCUT2D eigenvalue weighted by Crippen LogP contribution is -2.37. The number of nitrogens with one attached hydrogen (secondary N) is 2. The van der Waals surface area contributed by atoms with Gasteiger partial charge in [-0.3, -0.25) is 9.59 Å². The highest BCUT2D eigenvalue weighted by Crippen LogP contribution is 2.30. The molecule has 0 spiro atoms. The van der Waals surface area contributed by atoms with E-state index in [2.05, 4.69) is 45.9 Å². The number of piperidine rings is 1. The second-order valence-corrected chi connectivity index (χ2v) is 9.84. The summed E-state index contributed by atoms with van der Waals surface area (Å²) in [4.78, 5) is 27.8. The fourth-order valence-electron chi connectivity index (χ4n) is 4.79. The minimum atomic E-state index is -0.125. The highest BCUT2D eigenvalue weighted by molar-refractivity contribution is 6.02. The molecule has 1 atom stereocenters. The molecule has 2 aromatic rings. The van der Waals surface area contributed by atoms with Gasteiger partial charge in [0, 0.05) is 43.5 Å². The average Bonchev–Trinajstić information content (AvgIpc) is 3.37. The normalized spacial score (nSPS) is 18.8. The Kier molecular flexibility index (Phi) is 8.22. The molecular weight excluding hydrogens is 426 g/mol. The third-order valence-electron chi connectivity index (χ3n) is 6.87. The quantitative estimate of drug-likeness (QED) is 0.598. The molecule has 2 aromatic carbocycles. The van der Waals surface area contributed by atoms with Gasteiger partial charge in [-0.05, 0) is 61.8 Å². The lowest BCUT2D eigenvalue weighted by atomic mass is 9.89. The van der Waals surface area contributed by atoms with Crippen molar-refractivity contribution in [3.05, 3.63) is 59.7 Å². The second-order valence-electron chi connectivity index (χ2n) is 9.84. The van der Waals surface area contributed by atoms with E-state index >= 15 is 0 Å². The smallest absolute Gasteiger partial charge is 0.253 e. The maximum atomic E-state index is 13.2. The van der Waals surface area contributed by atoms with E-state index in [9.17, 15) is 9.59 Å². The summed E-state index contributed by atoms with van der Waals surface area (Å²) in [7, 11) is 0. The number of amides is 2. The molecule has 182 valence electrons. The third-order valence-corrected chi connectivity index (χ3v) is 6.87. The highest BCUT2D eigenvalue weighted by atomic mass is 16.5. The van der Waals surface area contributed by atoms with Gasteiger partial charge in [-0.15, -0.1) is 0 Å². The Morgan fingerprint density at radius 1 is 1.06 bits per heavy atom. The Balaban J connectivity index is 1.46. The Morgan fingerprint density at radius 2 is 1.82 bits per heavy atom. The van der Waals surface area contributed by atoms with Gasteiger partial charge in [0.15, 0.2) is 0 Å². The molecule has 4 rings (SSSR count). The van der Waals surface area contributed by atoms with Crippen LogP contribution in [0.5, 0.6) is 0 Å². The van der Waals surface area contributed by atoms with E-state index in [4.69, 9.17) is 4.74 Å². The zero-order valence-electron chi connectivity index (χ0n) is 20.4. The SMILES string of the molecule is CC(C)C(=O)Nc1ccc(N2CCC(Cc3ccccc3)CC2)c(C(=O)NCC2CCCO2)c1. The number of anilines is 2. The van der Waals surface area contributed by atoms with E-state index in [1.54, 1.807) is 0 Å². The first-order valence-corrected chi connectivity index (χ1v) is 12.6.